The molecule has 0 radical (unpaired) electrons. The van der Waals surface area contributed by atoms with E-state index in [0.717, 1.165) is 76.9 Å². The lowest BCUT2D eigenvalue weighted by atomic mass is 9.85. The Morgan fingerprint density at radius 2 is 1.94 bits per heavy atom. The number of fused-ring (bicyclic) bond motifs is 4. The Balaban J connectivity index is 0.726. The largest absolute Gasteiger partial charge is 0.374 e. The second-order valence-corrected chi connectivity index (χ2v) is 17.4. The number of para-hydroxylation sites is 1. The van der Waals surface area contributed by atoms with Crippen molar-refractivity contribution in [3.63, 3.8) is 0 Å². The molecule has 0 spiro atoms. The number of morpholine rings is 1. The van der Waals surface area contributed by atoms with Crippen LogP contribution in [0, 0.1) is 17.8 Å². The number of carbonyl (C=O) groups is 3. The second-order valence-electron chi connectivity index (χ2n) is 17.4. The van der Waals surface area contributed by atoms with E-state index in [1.54, 1.807) is 30.1 Å². The number of anilines is 2. The number of rotatable bonds is 10. The number of nitrogens with zero attached hydrogens (tertiary/aromatic N) is 9. The van der Waals surface area contributed by atoms with Crippen LogP contribution in [0.3, 0.4) is 0 Å². The van der Waals surface area contributed by atoms with E-state index in [2.05, 4.69) is 42.5 Å². The fourth-order valence-electron chi connectivity index (χ4n) is 10.2. The summed E-state index contributed by atoms with van der Waals surface area (Å²) in [6.45, 7) is 4.28. The highest BCUT2D eigenvalue weighted by Gasteiger charge is 2.40. The second kappa shape index (κ2) is 17.0. The molecule has 1 aliphatic carbocycles. The van der Waals surface area contributed by atoms with Crippen LogP contribution in [0.4, 0.5) is 20.3 Å². The van der Waals surface area contributed by atoms with Crippen LogP contribution in [0.2, 0.25) is 0 Å². The minimum absolute atomic E-state index is 0.0165. The maximum absolute atomic E-state index is 14.3. The fraction of sp³-hybridized carbons (Fsp3) is 0.523. The number of aryl methyl sites for hydroxylation is 1. The molecule has 19 heteroatoms. The van der Waals surface area contributed by atoms with Gasteiger partial charge in [-0.3, -0.25) is 33.5 Å². The van der Waals surface area contributed by atoms with Gasteiger partial charge in [0.2, 0.25) is 11.8 Å². The van der Waals surface area contributed by atoms with E-state index >= 15 is 0 Å². The van der Waals surface area contributed by atoms with Crippen molar-refractivity contribution in [3.05, 3.63) is 70.2 Å². The zero-order valence-corrected chi connectivity index (χ0v) is 34.9. The molecule has 1 saturated carbocycles. The van der Waals surface area contributed by atoms with Crippen LogP contribution in [0.1, 0.15) is 97.9 Å². The normalized spacial score (nSPS) is 25.2. The number of benzene rings is 1. The Morgan fingerprint density at radius 1 is 1.08 bits per heavy atom. The quantitative estimate of drug-likeness (QED) is 0.154. The molecule has 10 rings (SSSR count). The highest BCUT2D eigenvalue weighted by Crippen LogP contribution is 2.36. The van der Waals surface area contributed by atoms with Crippen molar-refractivity contribution in [1.82, 2.24) is 43.7 Å². The van der Waals surface area contributed by atoms with Crippen molar-refractivity contribution in [2.75, 3.05) is 49.6 Å². The van der Waals surface area contributed by atoms with E-state index in [4.69, 9.17) is 14.5 Å². The molecule has 5 aliphatic rings. The molecule has 17 nitrogen and oxygen atoms in total. The molecule has 5 fully saturated rings. The number of amides is 3. The summed E-state index contributed by atoms with van der Waals surface area (Å²) in [5.41, 5.74) is 1.58. The smallest absolute Gasteiger partial charge is 0.329 e. The third-order valence-corrected chi connectivity index (χ3v) is 13.4. The molecule has 8 heterocycles. The Morgan fingerprint density at radius 3 is 2.71 bits per heavy atom. The van der Waals surface area contributed by atoms with Crippen molar-refractivity contribution >= 4 is 45.9 Å². The van der Waals surface area contributed by atoms with Crippen molar-refractivity contribution in [3.8, 4) is 11.8 Å². The molecule has 1 unspecified atom stereocenters. The van der Waals surface area contributed by atoms with Gasteiger partial charge in [-0.05, 0) is 82.0 Å². The molecular weight excluding hydrogens is 817 g/mol. The number of hydrogen-bond donors (Lipinski definition) is 2. The number of aromatic nitrogens is 7. The fourth-order valence-corrected chi connectivity index (χ4v) is 10.2. The minimum atomic E-state index is -2.87. The molecule has 330 valence electrons. The molecule has 4 aliphatic heterocycles. The summed E-state index contributed by atoms with van der Waals surface area (Å²) in [5.74, 6) is 6.08. The van der Waals surface area contributed by atoms with Gasteiger partial charge >= 0.3 is 5.69 Å². The van der Waals surface area contributed by atoms with Gasteiger partial charge in [0.15, 0.2) is 11.3 Å². The molecule has 2 bridgehead atoms. The van der Waals surface area contributed by atoms with E-state index in [1.165, 1.54) is 26.0 Å². The monoisotopic (exact) mass is 865 g/mol. The number of alkyl halides is 2. The number of imide groups is 1. The zero-order valence-electron chi connectivity index (χ0n) is 34.9. The molecule has 1 aromatic carbocycles. The molecule has 3 amide bonds. The van der Waals surface area contributed by atoms with Crippen LogP contribution in [-0.2, 0) is 26.1 Å². The molecule has 4 saturated heterocycles. The summed E-state index contributed by atoms with van der Waals surface area (Å²) in [4.78, 5) is 60.5. The lowest BCUT2D eigenvalue weighted by molar-refractivity contribution is -0.135. The highest BCUT2D eigenvalue weighted by molar-refractivity contribution is 6.08. The first kappa shape index (κ1) is 41.1. The number of carbonyl (C=O) groups excluding carboxylic acids is 3. The Kier molecular flexibility index (Phi) is 11.1. The van der Waals surface area contributed by atoms with E-state index < -0.39 is 30.0 Å². The first-order valence-electron chi connectivity index (χ1n) is 21.9. The first-order valence-corrected chi connectivity index (χ1v) is 21.9. The third-order valence-electron chi connectivity index (χ3n) is 13.4. The van der Waals surface area contributed by atoms with E-state index in [9.17, 15) is 28.0 Å². The van der Waals surface area contributed by atoms with Gasteiger partial charge in [-0.25, -0.2) is 23.1 Å². The Hall–Kier alpha value is -5.97. The van der Waals surface area contributed by atoms with Crippen LogP contribution in [0.25, 0.3) is 16.7 Å². The average molecular weight is 866 g/mol. The number of halogens is 2. The van der Waals surface area contributed by atoms with Crippen molar-refractivity contribution < 1.29 is 32.6 Å². The predicted molar refractivity (Wildman–Crippen MR) is 226 cm³/mol. The molecule has 63 heavy (non-hydrogen) atoms. The predicted octanol–water partition coefficient (Wildman–Crippen LogP) is 3.99. The summed E-state index contributed by atoms with van der Waals surface area (Å²) < 4.78 is 46.7. The standard InChI is InChI=1S/C44H49F2N11O6/c1-52-39-27(5-2-8-34(39)57(44(52)61)35-13-14-37(58)50-43(35)60)6-4-18-62-30-7-3-16-53(22-30)21-26-9-11-28(12-10-26)56-24-33(38(51-56)40(45)46)48-42(59)32-20-47-55-17-15-36(49-41(32)55)54-23-31-19-29(54)25-63-31/h2,5,8,15,17,20,24,26,28-31,35,40H,3,7,9-14,16,18-19,21-23,25H2,1H3,(H,48,59)(H,50,58,60)/t26?,28?,29-,30-,31-,35?/m1/s1. The maximum Gasteiger partial charge on any atom is 0.329 e. The van der Waals surface area contributed by atoms with Crippen LogP contribution in [-0.4, -0.2) is 114 Å². The molecule has 4 aromatic heterocycles. The van der Waals surface area contributed by atoms with Crippen molar-refractivity contribution in [2.45, 2.75) is 94.5 Å². The van der Waals surface area contributed by atoms with Crippen LogP contribution < -0.4 is 21.2 Å². The molecular formula is C44H49F2N11O6. The Labute approximate surface area is 360 Å². The number of likely N-dealkylation sites (tertiary alicyclic amines) is 1. The lowest BCUT2D eigenvalue weighted by Gasteiger charge is -2.37. The number of ether oxygens (including phenoxy) is 2. The molecule has 2 N–H and O–H groups in total. The van der Waals surface area contributed by atoms with Gasteiger partial charge in [-0.1, -0.05) is 17.9 Å². The summed E-state index contributed by atoms with van der Waals surface area (Å²) in [7, 11) is 1.66. The van der Waals surface area contributed by atoms with Crippen molar-refractivity contribution in [1.29, 1.82) is 0 Å². The van der Waals surface area contributed by atoms with Gasteiger partial charge in [0.1, 0.15) is 24.0 Å². The average Bonchev–Trinajstić information content (AvgIpc) is 4.13. The maximum atomic E-state index is 14.3. The van der Waals surface area contributed by atoms with Gasteiger partial charge in [0, 0.05) is 45.5 Å². The van der Waals surface area contributed by atoms with Crippen LogP contribution >= 0.6 is 0 Å². The van der Waals surface area contributed by atoms with Gasteiger partial charge in [0.05, 0.1) is 59.4 Å². The molecule has 5 aromatic rings. The first-order chi connectivity index (χ1) is 30.6. The summed E-state index contributed by atoms with van der Waals surface area (Å²) >= 11 is 0. The van der Waals surface area contributed by atoms with Gasteiger partial charge in [-0.15, -0.1) is 0 Å². The van der Waals surface area contributed by atoms with E-state index in [0.29, 0.717) is 34.8 Å². The number of piperidine rings is 2. The van der Waals surface area contributed by atoms with Crippen molar-refractivity contribution in [2.24, 2.45) is 13.0 Å². The van der Waals surface area contributed by atoms with Crippen LogP contribution in [0.5, 0.6) is 0 Å². The summed E-state index contributed by atoms with van der Waals surface area (Å²) in [6, 6.07) is 6.70. The topological polar surface area (TPSA) is 175 Å². The van der Waals surface area contributed by atoms with Gasteiger partial charge < -0.3 is 24.6 Å². The minimum Gasteiger partial charge on any atom is -0.374 e. The summed E-state index contributed by atoms with van der Waals surface area (Å²) in [5, 5.41) is 13.6. The van der Waals surface area contributed by atoms with E-state index in [1.807, 2.05) is 12.1 Å². The Bertz CT molecular complexity index is 2710. The van der Waals surface area contributed by atoms with E-state index in [-0.39, 0.29) is 66.6 Å². The van der Waals surface area contributed by atoms with Crippen LogP contribution in [0.15, 0.2) is 47.7 Å². The van der Waals surface area contributed by atoms with Gasteiger partial charge in [0.25, 0.3) is 12.3 Å². The number of hydrogen-bond acceptors (Lipinski definition) is 11. The SMILES string of the molecule is Cn1c(=O)n(C2CCC(=O)NC2=O)c2cccc(C#CCO[C@@H]3CCCN(CC4CCC(n5cc(NC(=O)c6cnn7ccc(N8C[C@H]9C[C@@H]8CO9)nc67)c(C(F)F)n5)CC4)C3)c21. The summed E-state index contributed by atoms with van der Waals surface area (Å²) in [6.07, 6.45) is 8.72. The number of imidazole rings is 1. The zero-order chi connectivity index (χ0) is 43.4. The number of nitrogens with one attached hydrogen (secondary N) is 2. The molecule has 4 atom stereocenters. The van der Waals surface area contributed by atoms with Gasteiger partial charge in [-0.2, -0.15) is 10.2 Å². The lowest BCUT2D eigenvalue weighted by Crippen LogP contribution is -2.44. The highest BCUT2D eigenvalue weighted by atomic mass is 19.3. The third kappa shape index (κ3) is 8.00.